The Morgan fingerprint density at radius 1 is 1.29 bits per heavy atom. The fourth-order valence-electron chi connectivity index (χ4n) is 0.646. The Hall–Kier alpha value is -0.980. The van der Waals surface area contributed by atoms with Crippen molar-refractivity contribution in [2.24, 2.45) is 0 Å². The van der Waals surface area contributed by atoms with Crippen molar-refractivity contribution in [3.8, 4) is 0 Å². The van der Waals surface area contributed by atoms with Crippen LogP contribution in [-0.2, 0) is 0 Å². The summed E-state index contributed by atoms with van der Waals surface area (Å²) in [7, 11) is 3.11. The molecule has 84 valence electrons. The van der Waals surface area contributed by atoms with Gasteiger partial charge >= 0.3 is 12.2 Å². The monoisotopic (exact) mass is 213 g/mol. The summed E-state index contributed by atoms with van der Waals surface area (Å²) < 4.78 is 34.8. The molecule has 0 rings (SSSR count). The van der Waals surface area contributed by atoms with Crippen molar-refractivity contribution < 1.29 is 18.0 Å². The van der Waals surface area contributed by atoms with Crippen LogP contribution in [0.1, 0.15) is 0 Å². The number of carbonyl (C=O) groups excluding carboxylic acids is 1. The quantitative estimate of drug-likeness (QED) is 0.664. The van der Waals surface area contributed by atoms with Crippen molar-refractivity contribution in [3.05, 3.63) is 0 Å². The van der Waals surface area contributed by atoms with Gasteiger partial charge in [0.15, 0.2) is 0 Å². The molecule has 7 heteroatoms. The molecule has 0 unspecified atom stereocenters. The second-order valence-electron chi connectivity index (χ2n) is 2.92. The highest BCUT2D eigenvalue weighted by molar-refractivity contribution is 5.73. The number of hydrogen-bond acceptors (Lipinski definition) is 2. The molecular weight excluding hydrogens is 199 g/mol. The lowest BCUT2D eigenvalue weighted by Gasteiger charge is -2.12. The Labute approximate surface area is 80.4 Å². The third-order valence-electron chi connectivity index (χ3n) is 1.31. The lowest BCUT2D eigenvalue weighted by atomic mass is 10.5. The van der Waals surface area contributed by atoms with Crippen molar-refractivity contribution in [3.63, 3.8) is 0 Å². The van der Waals surface area contributed by atoms with Crippen LogP contribution in [0.4, 0.5) is 18.0 Å². The number of hydrogen-bond donors (Lipinski definition) is 2. The Kier molecular flexibility index (Phi) is 5.29. The van der Waals surface area contributed by atoms with Crippen LogP contribution in [0.3, 0.4) is 0 Å². The molecule has 0 aromatic rings. The van der Waals surface area contributed by atoms with E-state index < -0.39 is 12.7 Å². The first-order valence-corrected chi connectivity index (χ1v) is 4.05. The zero-order chi connectivity index (χ0) is 11.2. The maximum absolute atomic E-state index is 11.6. The first-order chi connectivity index (χ1) is 6.33. The maximum Gasteiger partial charge on any atom is 0.401 e. The summed E-state index contributed by atoms with van der Waals surface area (Å²) in [6.45, 7) is -0.767. The van der Waals surface area contributed by atoms with Gasteiger partial charge < -0.3 is 15.5 Å². The minimum Gasteiger partial charge on any atom is -0.337 e. The van der Waals surface area contributed by atoms with Gasteiger partial charge in [-0.05, 0) is 0 Å². The topological polar surface area (TPSA) is 44.4 Å². The summed E-state index contributed by atoms with van der Waals surface area (Å²) in [6.07, 6.45) is -4.20. The number of alkyl halides is 3. The summed E-state index contributed by atoms with van der Waals surface area (Å²) in [6, 6.07) is -0.321. The van der Waals surface area contributed by atoms with E-state index >= 15 is 0 Å². The molecule has 0 aliphatic carbocycles. The van der Waals surface area contributed by atoms with E-state index in [0.29, 0.717) is 0 Å². The van der Waals surface area contributed by atoms with Crippen LogP contribution in [0.25, 0.3) is 0 Å². The van der Waals surface area contributed by atoms with Crippen molar-refractivity contribution in [1.29, 1.82) is 0 Å². The number of halogens is 3. The zero-order valence-corrected chi connectivity index (χ0v) is 8.11. The van der Waals surface area contributed by atoms with Gasteiger partial charge in [0.25, 0.3) is 0 Å². The summed E-state index contributed by atoms with van der Waals surface area (Å²) in [5.41, 5.74) is 0. The smallest absolute Gasteiger partial charge is 0.337 e. The van der Waals surface area contributed by atoms with E-state index in [2.05, 4.69) is 10.6 Å². The van der Waals surface area contributed by atoms with Gasteiger partial charge in [-0.1, -0.05) is 0 Å². The predicted octanol–water partition coefficient (Wildman–Crippen LogP) is 0.410. The van der Waals surface area contributed by atoms with Crippen molar-refractivity contribution in [2.75, 3.05) is 33.7 Å². The van der Waals surface area contributed by atoms with Crippen molar-refractivity contribution in [1.82, 2.24) is 15.5 Å². The average molecular weight is 213 g/mol. The normalized spacial score (nSPS) is 11.2. The third kappa shape index (κ3) is 7.66. The van der Waals surface area contributed by atoms with Crippen LogP contribution in [0.5, 0.6) is 0 Å². The summed E-state index contributed by atoms with van der Waals surface area (Å²) in [5.74, 6) is 0. The minimum absolute atomic E-state index is 0.0963. The number of rotatable bonds is 4. The van der Waals surface area contributed by atoms with Gasteiger partial charge in [0.2, 0.25) is 0 Å². The fourth-order valence-corrected chi connectivity index (χ4v) is 0.646. The molecule has 0 aliphatic rings. The van der Waals surface area contributed by atoms with E-state index in [4.69, 9.17) is 0 Å². The molecule has 0 atom stereocenters. The van der Waals surface area contributed by atoms with E-state index in [-0.39, 0.29) is 19.1 Å². The standard InChI is InChI=1S/C7H14F3N3O/c1-13(2)6(14)12-4-3-11-5-7(8,9)10/h11H,3-5H2,1-2H3,(H,12,14). The fraction of sp³-hybridized carbons (Fsp3) is 0.857. The van der Waals surface area contributed by atoms with Crippen LogP contribution in [-0.4, -0.2) is 50.8 Å². The minimum atomic E-state index is -4.20. The van der Waals surface area contributed by atoms with Crippen LogP contribution in [0, 0.1) is 0 Å². The SMILES string of the molecule is CN(C)C(=O)NCCNCC(F)(F)F. The second kappa shape index (κ2) is 5.69. The molecule has 0 saturated heterocycles. The largest absolute Gasteiger partial charge is 0.401 e. The molecule has 0 aromatic heterocycles. The molecule has 0 heterocycles. The Morgan fingerprint density at radius 2 is 1.86 bits per heavy atom. The van der Waals surface area contributed by atoms with Gasteiger partial charge in [-0.25, -0.2) is 4.79 Å². The van der Waals surface area contributed by atoms with Gasteiger partial charge in [0.05, 0.1) is 6.54 Å². The van der Waals surface area contributed by atoms with Crippen LogP contribution < -0.4 is 10.6 Å². The molecule has 0 saturated carbocycles. The summed E-state index contributed by atoms with van der Waals surface area (Å²) in [5, 5.41) is 4.59. The molecule has 0 radical (unpaired) electrons. The molecule has 0 aliphatic heterocycles. The highest BCUT2D eigenvalue weighted by atomic mass is 19.4. The van der Waals surface area contributed by atoms with E-state index in [0.717, 1.165) is 0 Å². The van der Waals surface area contributed by atoms with E-state index in [1.807, 2.05) is 0 Å². The molecule has 0 fully saturated rings. The summed E-state index contributed by atoms with van der Waals surface area (Å²) >= 11 is 0. The molecule has 0 bridgehead atoms. The first-order valence-electron chi connectivity index (χ1n) is 4.05. The van der Waals surface area contributed by atoms with E-state index in [9.17, 15) is 18.0 Å². The lowest BCUT2D eigenvalue weighted by molar-refractivity contribution is -0.124. The van der Waals surface area contributed by atoms with Gasteiger partial charge in [-0.15, -0.1) is 0 Å². The van der Waals surface area contributed by atoms with Gasteiger partial charge in [-0.3, -0.25) is 0 Å². The lowest BCUT2D eigenvalue weighted by Crippen LogP contribution is -2.40. The highest BCUT2D eigenvalue weighted by Gasteiger charge is 2.25. The van der Waals surface area contributed by atoms with Crippen molar-refractivity contribution >= 4 is 6.03 Å². The molecule has 14 heavy (non-hydrogen) atoms. The maximum atomic E-state index is 11.6. The van der Waals surface area contributed by atoms with Gasteiger partial charge in [-0.2, -0.15) is 13.2 Å². The average Bonchev–Trinajstić information content (AvgIpc) is 2.01. The Bertz CT molecular complexity index is 182. The van der Waals surface area contributed by atoms with Gasteiger partial charge in [0, 0.05) is 27.2 Å². The van der Waals surface area contributed by atoms with Gasteiger partial charge in [0.1, 0.15) is 0 Å². The molecule has 0 spiro atoms. The Balaban J connectivity index is 3.35. The predicted molar refractivity (Wildman–Crippen MR) is 46.0 cm³/mol. The molecule has 2 N–H and O–H groups in total. The molecule has 0 aromatic carbocycles. The number of carbonyl (C=O) groups is 1. The first kappa shape index (κ1) is 13.0. The number of nitrogens with one attached hydrogen (secondary N) is 2. The number of urea groups is 1. The van der Waals surface area contributed by atoms with Crippen LogP contribution in [0.2, 0.25) is 0 Å². The van der Waals surface area contributed by atoms with Crippen LogP contribution >= 0.6 is 0 Å². The summed E-state index contributed by atoms with van der Waals surface area (Å²) in [4.78, 5) is 12.2. The molecule has 4 nitrogen and oxygen atoms in total. The van der Waals surface area contributed by atoms with E-state index in [1.54, 1.807) is 14.1 Å². The number of nitrogens with zero attached hydrogens (tertiary/aromatic N) is 1. The number of amides is 2. The van der Waals surface area contributed by atoms with Crippen LogP contribution in [0.15, 0.2) is 0 Å². The molecular formula is C7H14F3N3O. The Morgan fingerprint density at radius 3 is 2.29 bits per heavy atom. The van der Waals surface area contributed by atoms with Crippen molar-refractivity contribution in [2.45, 2.75) is 6.18 Å². The highest BCUT2D eigenvalue weighted by Crippen LogP contribution is 2.11. The molecule has 2 amide bonds. The zero-order valence-electron chi connectivity index (χ0n) is 8.11. The second-order valence-corrected chi connectivity index (χ2v) is 2.92. The van der Waals surface area contributed by atoms with E-state index in [1.165, 1.54) is 4.90 Å². The third-order valence-corrected chi connectivity index (χ3v) is 1.31.